The number of carbonyl (C=O) groups is 1. The number of ether oxygens (including phenoxy) is 1. The van der Waals surface area contributed by atoms with Crippen molar-refractivity contribution in [3.05, 3.63) is 64.8 Å². The summed E-state index contributed by atoms with van der Waals surface area (Å²) >= 11 is 0. The molecular weight excluding hydrogens is 364 g/mol. The molecular formula is C23H24N4O2. The fourth-order valence-electron chi connectivity index (χ4n) is 3.66. The molecule has 148 valence electrons. The van der Waals surface area contributed by atoms with Crippen LogP contribution in [0.15, 0.2) is 42.5 Å². The first-order chi connectivity index (χ1) is 14.0. The molecule has 6 nitrogen and oxygen atoms in total. The molecule has 0 bridgehead atoms. The van der Waals surface area contributed by atoms with Crippen LogP contribution in [0.3, 0.4) is 0 Å². The lowest BCUT2D eigenvalue weighted by Gasteiger charge is -2.19. The number of nitrogens with zero attached hydrogens (tertiary/aromatic N) is 2. The number of fused-ring (bicyclic) bond motifs is 1. The van der Waals surface area contributed by atoms with Gasteiger partial charge in [-0.05, 0) is 74.2 Å². The predicted octanol–water partition coefficient (Wildman–Crippen LogP) is 5.11. The van der Waals surface area contributed by atoms with Gasteiger partial charge in [0.1, 0.15) is 11.6 Å². The van der Waals surface area contributed by atoms with E-state index in [0.717, 1.165) is 46.8 Å². The topological polar surface area (TPSA) is 76.1 Å². The van der Waals surface area contributed by atoms with Gasteiger partial charge in [-0.1, -0.05) is 6.07 Å². The van der Waals surface area contributed by atoms with E-state index < -0.39 is 0 Å². The maximum atomic E-state index is 12.6. The van der Waals surface area contributed by atoms with E-state index in [4.69, 9.17) is 4.74 Å². The first kappa shape index (κ1) is 18.9. The molecule has 0 saturated carbocycles. The van der Waals surface area contributed by atoms with Gasteiger partial charge in [0.25, 0.3) is 0 Å². The third kappa shape index (κ3) is 4.21. The quantitative estimate of drug-likeness (QED) is 0.633. The maximum absolute atomic E-state index is 12.6. The fourth-order valence-corrected chi connectivity index (χ4v) is 3.66. The Morgan fingerprint density at radius 1 is 0.897 bits per heavy atom. The van der Waals surface area contributed by atoms with Crippen LogP contribution in [0.5, 0.6) is 5.75 Å². The van der Waals surface area contributed by atoms with Crippen molar-refractivity contribution in [3.63, 3.8) is 0 Å². The van der Waals surface area contributed by atoms with E-state index in [1.54, 1.807) is 7.11 Å². The summed E-state index contributed by atoms with van der Waals surface area (Å²) < 4.78 is 5.20. The van der Waals surface area contributed by atoms with Crippen LogP contribution in [0.1, 0.15) is 40.0 Å². The summed E-state index contributed by atoms with van der Waals surface area (Å²) in [5, 5.41) is 6.60. The van der Waals surface area contributed by atoms with Gasteiger partial charge < -0.3 is 15.4 Å². The van der Waals surface area contributed by atoms with Crippen molar-refractivity contribution < 1.29 is 9.53 Å². The van der Waals surface area contributed by atoms with Gasteiger partial charge in [0.05, 0.1) is 18.4 Å². The van der Waals surface area contributed by atoms with E-state index in [-0.39, 0.29) is 5.78 Å². The van der Waals surface area contributed by atoms with Crippen LogP contribution in [-0.4, -0.2) is 22.9 Å². The van der Waals surface area contributed by atoms with Crippen LogP contribution >= 0.6 is 0 Å². The summed E-state index contributed by atoms with van der Waals surface area (Å²) in [4.78, 5) is 21.9. The lowest BCUT2D eigenvalue weighted by atomic mass is 9.95. The minimum atomic E-state index is 0.0918. The molecule has 0 fully saturated rings. The van der Waals surface area contributed by atoms with Crippen LogP contribution in [-0.2, 0) is 6.42 Å². The number of rotatable bonds is 5. The number of aromatic nitrogens is 2. The number of anilines is 4. The Morgan fingerprint density at radius 3 is 2.31 bits per heavy atom. The van der Waals surface area contributed by atoms with Crippen LogP contribution < -0.4 is 15.4 Å². The Balaban J connectivity index is 1.71. The van der Waals surface area contributed by atoms with E-state index in [9.17, 15) is 4.79 Å². The summed E-state index contributed by atoms with van der Waals surface area (Å²) in [5.41, 5.74) is 5.47. The third-order valence-electron chi connectivity index (χ3n) is 4.91. The van der Waals surface area contributed by atoms with Gasteiger partial charge in [0.15, 0.2) is 5.78 Å². The molecule has 0 amide bonds. The normalized spacial score (nSPS) is 13.0. The minimum Gasteiger partial charge on any atom is -0.497 e. The predicted molar refractivity (Wildman–Crippen MR) is 115 cm³/mol. The highest BCUT2D eigenvalue weighted by Crippen LogP contribution is 2.30. The Morgan fingerprint density at radius 2 is 1.62 bits per heavy atom. The molecule has 29 heavy (non-hydrogen) atoms. The van der Waals surface area contributed by atoms with Crippen molar-refractivity contribution in [3.8, 4) is 5.75 Å². The van der Waals surface area contributed by atoms with Crippen LogP contribution in [0, 0.1) is 13.8 Å². The number of aryl methyl sites for hydroxylation is 3. The molecule has 2 aromatic carbocycles. The molecule has 1 aliphatic carbocycles. The van der Waals surface area contributed by atoms with Gasteiger partial charge >= 0.3 is 0 Å². The zero-order valence-electron chi connectivity index (χ0n) is 16.9. The lowest BCUT2D eigenvalue weighted by molar-refractivity contribution is 0.0972. The number of benzene rings is 2. The highest BCUT2D eigenvalue weighted by atomic mass is 16.5. The van der Waals surface area contributed by atoms with Gasteiger partial charge in [-0.25, -0.2) is 4.98 Å². The van der Waals surface area contributed by atoms with E-state index in [1.165, 1.54) is 0 Å². The van der Waals surface area contributed by atoms with Gasteiger partial charge in [0.2, 0.25) is 5.95 Å². The molecule has 2 N–H and O–H groups in total. The number of Topliss-reactive ketones (excluding diaryl/α,β-unsaturated/α-hetero) is 1. The number of hydrogen-bond donors (Lipinski definition) is 2. The van der Waals surface area contributed by atoms with Crippen molar-refractivity contribution in [2.45, 2.75) is 33.1 Å². The molecule has 1 heterocycles. The minimum absolute atomic E-state index is 0.0918. The van der Waals surface area contributed by atoms with E-state index in [1.807, 2.05) is 36.4 Å². The molecule has 0 atom stereocenters. The molecule has 0 radical (unpaired) electrons. The van der Waals surface area contributed by atoms with E-state index in [0.29, 0.717) is 23.8 Å². The number of carbonyl (C=O) groups excluding carboxylic acids is 1. The second-order valence-corrected chi connectivity index (χ2v) is 7.35. The first-order valence-electron chi connectivity index (χ1n) is 9.72. The van der Waals surface area contributed by atoms with Crippen molar-refractivity contribution >= 4 is 28.9 Å². The largest absolute Gasteiger partial charge is 0.497 e. The summed E-state index contributed by atoms with van der Waals surface area (Å²) in [6.07, 6.45) is 2.11. The summed E-state index contributed by atoms with van der Waals surface area (Å²) in [7, 11) is 1.64. The van der Waals surface area contributed by atoms with Gasteiger partial charge in [-0.2, -0.15) is 4.98 Å². The van der Waals surface area contributed by atoms with Crippen LogP contribution in [0.25, 0.3) is 0 Å². The molecule has 0 saturated heterocycles. The molecule has 4 rings (SSSR count). The van der Waals surface area contributed by atoms with Crippen LogP contribution in [0.2, 0.25) is 0 Å². The molecule has 0 aliphatic heterocycles. The standard InChI is InChI=1S/C23H24N4O2/c1-14-11-15(2)13-17(12-14)24-22-21-19(5-4-6-20(21)28)26-23(27-22)25-16-7-9-18(29-3)10-8-16/h7-13H,4-6H2,1-3H3,(H2,24,25,26,27). The van der Waals surface area contributed by atoms with Crippen molar-refractivity contribution in [1.82, 2.24) is 9.97 Å². The summed E-state index contributed by atoms with van der Waals surface area (Å²) in [6.45, 7) is 4.10. The monoisotopic (exact) mass is 388 g/mol. The third-order valence-corrected chi connectivity index (χ3v) is 4.91. The zero-order valence-corrected chi connectivity index (χ0v) is 16.9. The number of methoxy groups -OCH3 is 1. The Kier molecular flexibility index (Phi) is 5.16. The lowest BCUT2D eigenvalue weighted by Crippen LogP contribution is -2.18. The molecule has 6 heteroatoms. The Bertz CT molecular complexity index is 1040. The maximum Gasteiger partial charge on any atom is 0.229 e. The molecule has 3 aromatic rings. The number of nitrogens with one attached hydrogen (secondary N) is 2. The second kappa shape index (κ2) is 7.91. The van der Waals surface area contributed by atoms with Gasteiger partial charge in [-0.15, -0.1) is 0 Å². The average molecular weight is 388 g/mol. The average Bonchev–Trinajstić information content (AvgIpc) is 2.68. The molecule has 0 spiro atoms. The zero-order chi connectivity index (χ0) is 20.4. The molecule has 1 aliphatic rings. The second-order valence-electron chi connectivity index (χ2n) is 7.35. The van der Waals surface area contributed by atoms with Crippen LogP contribution in [0.4, 0.5) is 23.1 Å². The SMILES string of the molecule is COc1ccc(Nc2nc3c(c(Nc4cc(C)cc(C)c4)n2)C(=O)CCC3)cc1. The van der Waals surface area contributed by atoms with Gasteiger partial charge in [-0.3, -0.25) is 4.79 Å². The fraction of sp³-hybridized carbons (Fsp3) is 0.261. The van der Waals surface area contributed by atoms with E-state index >= 15 is 0 Å². The van der Waals surface area contributed by atoms with E-state index in [2.05, 4.69) is 40.5 Å². The Labute approximate surface area is 170 Å². The first-order valence-corrected chi connectivity index (χ1v) is 9.72. The van der Waals surface area contributed by atoms with Crippen molar-refractivity contribution in [1.29, 1.82) is 0 Å². The highest BCUT2D eigenvalue weighted by molar-refractivity contribution is 6.03. The van der Waals surface area contributed by atoms with Crippen molar-refractivity contribution in [2.24, 2.45) is 0 Å². The number of hydrogen-bond acceptors (Lipinski definition) is 6. The molecule has 1 aromatic heterocycles. The highest BCUT2D eigenvalue weighted by Gasteiger charge is 2.24. The summed E-state index contributed by atoms with van der Waals surface area (Å²) in [6, 6.07) is 13.8. The summed E-state index contributed by atoms with van der Waals surface area (Å²) in [5.74, 6) is 1.90. The number of ketones is 1. The molecule has 0 unspecified atom stereocenters. The van der Waals surface area contributed by atoms with Gasteiger partial charge in [0, 0.05) is 17.8 Å². The smallest absolute Gasteiger partial charge is 0.229 e. The van der Waals surface area contributed by atoms with Crippen molar-refractivity contribution in [2.75, 3.05) is 17.7 Å². The Hall–Kier alpha value is -3.41.